The lowest BCUT2D eigenvalue weighted by molar-refractivity contribution is 0.635. The van der Waals surface area contributed by atoms with Crippen LogP contribution in [0.15, 0.2) is 48.7 Å². The van der Waals surface area contributed by atoms with E-state index in [0.717, 1.165) is 34.5 Å². The predicted molar refractivity (Wildman–Crippen MR) is 89.4 cm³/mol. The molecule has 0 atom stereocenters. The molecule has 1 aromatic heterocycles. The van der Waals surface area contributed by atoms with E-state index in [0.29, 0.717) is 5.92 Å². The Bertz CT molecular complexity index is 757. The van der Waals surface area contributed by atoms with Crippen LogP contribution >= 0.6 is 11.6 Å². The second-order valence-corrected chi connectivity index (χ2v) is 5.77. The molecule has 0 radical (unpaired) electrons. The Morgan fingerprint density at radius 1 is 1.10 bits per heavy atom. The van der Waals surface area contributed by atoms with Gasteiger partial charge in [0.2, 0.25) is 0 Å². The maximum absolute atomic E-state index is 6.23. The van der Waals surface area contributed by atoms with E-state index in [2.05, 4.69) is 37.1 Å². The molecule has 2 nitrogen and oxygen atoms in total. The number of rotatable bonds is 4. The molecule has 0 aliphatic heterocycles. The van der Waals surface area contributed by atoms with Gasteiger partial charge >= 0.3 is 0 Å². The highest BCUT2D eigenvalue weighted by molar-refractivity contribution is 6.30. The Morgan fingerprint density at radius 3 is 2.62 bits per heavy atom. The molecule has 0 amide bonds. The van der Waals surface area contributed by atoms with Gasteiger partial charge in [-0.25, -0.2) is 4.68 Å². The van der Waals surface area contributed by atoms with Crippen LogP contribution in [0.25, 0.3) is 16.6 Å². The quantitative estimate of drug-likeness (QED) is 0.614. The van der Waals surface area contributed by atoms with Gasteiger partial charge in [-0.15, -0.1) is 0 Å². The number of halogens is 1. The van der Waals surface area contributed by atoms with Crippen LogP contribution < -0.4 is 0 Å². The SMILES string of the molecule is CCC(CC)c1ccc(Cl)cc1-n1ncc2ccccc21. The second kappa shape index (κ2) is 5.90. The summed E-state index contributed by atoms with van der Waals surface area (Å²) < 4.78 is 2.01. The van der Waals surface area contributed by atoms with Crippen molar-refractivity contribution in [2.45, 2.75) is 32.6 Å². The molecule has 1 heterocycles. The third-order valence-electron chi connectivity index (χ3n) is 4.12. The van der Waals surface area contributed by atoms with Crippen molar-refractivity contribution >= 4 is 22.5 Å². The normalized spacial score (nSPS) is 11.4. The van der Waals surface area contributed by atoms with Gasteiger partial charge in [-0.05, 0) is 42.5 Å². The van der Waals surface area contributed by atoms with E-state index in [1.165, 1.54) is 5.56 Å². The topological polar surface area (TPSA) is 17.8 Å². The maximum Gasteiger partial charge on any atom is 0.0741 e. The standard InChI is InChI=1S/C18H19ClN2/c1-3-13(4-2)16-10-9-15(19)11-18(16)21-17-8-6-5-7-14(17)12-20-21/h5-13H,3-4H2,1-2H3. The number of hydrogen-bond donors (Lipinski definition) is 0. The molecular formula is C18H19ClN2. The molecule has 0 saturated carbocycles. The van der Waals surface area contributed by atoms with Gasteiger partial charge in [-0.3, -0.25) is 0 Å². The molecular weight excluding hydrogens is 280 g/mol. The second-order valence-electron chi connectivity index (χ2n) is 5.33. The Kier molecular flexibility index (Phi) is 3.98. The first-order valence-electron chi connectivity index (χ1n) is 7.47. The number of nitrogens with zero attached hydrogens (tertiary/aromatic N) is 2. The van der Waals surface area contributed by atoms with Crippen molar-refractivity contribution in [3.05, 3.63) is 59.2 Å². The largest absolute Gasteiger partial charge is 0.233 e. The highest BCUT2D eigenvalue weighted by atomic mass is 35.5. The first-order chi connectivity index (χ1) is 10.2. The molecule has 2 aromatic carbocycles. The van der Waals surface area contributed by atoms with Crippen LogP contribution in [0.1, 0.15) is 38.2 Å². The van der Waals surface area contributed by atoms with Crippen molar-refractivity contribution in [3.8, 4) is 5.69 Å². The van der Waals surface area contributed by atoms with Crippen LogP contribution in [-0.4, -0.2) is 9.78 Å². The molecule has 0 saturated heterocycles. The fourth-order valence-electron chi connectivity index (χ4n) is 2.94. The molecule has 0 fully saturated rings. The maximum atomic E-state index is 6.23. The van der Waals surface area contributed by atoms with Crippen molar-refractivity contribution in [1.29, 1.82) is 0 Å². The van der Waals surface area contributed by atoms with Crippen LogP contribution in [0.2, 0.25) is 5.02 Å². The predicted octanol–water partition coefficient (Wildman–Crippen LogP) is 5.58. The summed E-state index contributed by atoms with van der Waals surface area (Å²) in [4.78, 5) is 0. The lowest BCUT2D eigenvalue weighted by Crippen LogP contribution is -2.05. The first-order valence-corrected chi connectivity index (χ1v) is 7.85. The zero-order valence-corrected chi connectivity index (χ0v) is 13.1. The summed E-state index contributed by atoms with van der Waals surface area (Å²) in [5, 5.41) is 6.47. The molecule has 0 aliphatic carbocycles. The molecule has 0 aliphatic rings. The highest BCUT2D eigenvalue weighted by Gasteiger charge is 2.15. The van der Waals surface area contributed by atoms with Gasteiger partial charge in [-0.1, -0.05) is 49.7 Å². The first kappa shape index (κ1) is 14.2. The third kappa shape index (κ3) is 2.56. The van der Waals surface area contributed by atoms with Gasteiger partial charge in [0.1, 0.15) is 0 Å². The summed E-state index contributed by atoms with van der Waals surface area (Å²) >= 11 is 6.23. The van der Waals surface area contributed by atoms with Crippen LogP contribution in [0, 0.1) is 0 Å². The molecule has 3 aromatic rings. The molecule has 0 spiro atoms. The summed E-state index contributed by atoms with van der Waals surface area (Å²) in [5.74, 6) is 0.528. The van der Waals surface area contributed by atoms with Gasteiger partial charge in [0, 0.05) is 10.4 Å². The minimum Gasteiger partial charge on any atom is -0.233 e. The van der Waals surface area contributed by atoms with Crippen molar-refractivity contribution < 1.29 is 0 Å². The van der Waals surface area contributed by atoms with Crippen molar-refractivity contribution in [2.75, 3.05) is 0 Å². The average molecular weight is 299 g/mol. The zero-order valence-electron chi connectivity index (χ0n) is 12.4. The van der Waals surface area contributed by atoms with E-state index in [9.17, 15) is 0 Å². The minimum atomic E-state index is 0.528. The van der Waals surface area contributed by atoms with E-state index in [4.69, 9.17) is 11.6 Å². The van der Waals surface area contributed by atoms with E-state index >= 15 is 0 Å². The molecule has 21 heavy (non-hydrogen) atoms. The fraction of sp³-hybridized carbons (Fsp3) is 0.278. The molecule has 3 rings (SSSR count). The Morgan fingerprint density at radius 2 is 1.86 bits per heavy atom. The van der Waals surface area contributed by atoms with Crippen LogP contribution in [0.3, 0.4) is 0 Å². The highest BCUT2D eigenvalue weighted by Crippen LogP contribution is 2.32. The van der Waals surface area contributed by atoms with Gasteiger partial charge in [-0.2, -0.15) is 5.10 Å². The molecule has 0 bridgehead atoms. The minimum absolute atomic E-state index is 0.528. The van der Waals surface area contributed by atoms with Gasteiger partial charge in [0.15, 0.2) is 0 Å². The third-order valence-corrected chi connectivity index (χ3v) is 4.36. The van der Waals surface area contributed by atoms with Crippen LogP contribution in [-0.2, 0) is 0 Å². The van der Waals surface area contributed by atoms with Crippen molar-refractivity contribution in [2.24, 2.45) is 0 Å². The Balaban J connectivity index is 2.23. The number of para-hydroxylation sites is 1. The Hall–Kier alpha value is -1.80. The summed E-state index contributed by atoms with van der Waals surface area (Å²) in [6.45, 7) is 4.46. The molecule has 0 unspecified atom stereocenters. The van der Waals surface area contributed by atoms with Gasteiger partial charge < -0.3 is 0 Å². The Labute approximate surface area is 130 Å². The number of hydrogen-bond acceptors (Lipinski definition) is 1. The number of fused-ring (bicyclic) bond motifs is 1. The molecule has 3 heteroatoms. The molecule has 0 N–H and O–H groups in total. The molecule has 108 valence electrons. The summed E-state index contributed by atoms with van der Waals surface area (Å²) in [6, 6.07) is 14.4. The van der Waals surface area contributed by atoms with E-state index in [-0.39, 0.29) is 0 Å². The van der Waals surface area contributed by atoms with Gasteiger partial charge in [0.05, 0.1) is 17.4 Å². The smallest absolute Gasteiger partial charge is 0.0741 e. The summed E-state index contributed by atoms with van der Waals surface area (Å²) in [6.07, 6.45) is 4.14. The lowest BCUT2D eigenvalue weighted by Gasteiger charge is -2.18. The van der Waals surface area contributed by atoms with E-state index < -0.39 is 0 Å². The average Bonchev–Trinajstić information content (AvgIpc) is 2.93. The van der Waals surface area contributed by atoms with Gasteiger partial charge in [0.25, 0.3) is 0 Å². The van der Waals surface area contributed by atoms with E-state index in [1.54, 1.807) is 0 Å². The fourth-order valence-corrected chi connectivity index (χ4v) is 3.10. The van der Waals surface area contributed by atoms with E-state index in [1.807, 2.05) is 35.1 Å². The number of benzene rings is 2. The van der Waals surface area contributed by atoms with Crippen molar-refractivity contribution in [1.82, 2.24) is 9.78 Å². The van der Waals surface area contributed by atoms with Crippen LogP contribution in [0.5, 0.6) is 0 Å². The van der Waals surface area contributed by atoms with Crippen molar-refractivity contribution in [3.63, 3.8) is 0 Å². The summed E-state index contributed by atoms with van der Waals surface area (Å²) in [5.41, 5.74) is 3.53. The zero-order chi connectivity index (χ0) is 14.8. The summed E-state index contributed by atoms with van der Waals surface area (Å²) in [7, 11) is 0. The number of aromatic nitrogens is 2. The lowest BCUT2D eigenvalue weighted by atomic mass is 9.92. The van der Waals surface area contributed by atoms with Crippen LogP contribution in [0.4, 0.5) is 0 Å². The monoisotopic (exact) mass is 298 g/mol.